The van der Waals surface area contributed by atoms with Gasteiger partial charge in [0.15, 0.2) is 0 Å². The number of para-hydroxylation sites is 1. The topological polar surface area (TPSA) is 72.8 Å². The molecule has 0 fully saturated rings. The maximum Gasteiger partial charge on any atom is 0.330 e. The molecule has 0 aliphatic rings. The van der Waals surface area contributed by atoms with Gasteiger partial charge in [-0.1, -0.05) is 30.9 Å². The van der Waals surface area contributed by atoms with Crippen LogP contribution in [0.3, 0.4) is 0 Å². The maximum atomic E-state index is 10.6. The number of esters is 1. The maximum absolute atomic E-state index is 10.6. The van der Waals surface area contributed by atoms with Crippen LogP contribution in [-0.4, -0.2) is 30.3 Å². The van der Waals surface area contributed by atoms with Crippen molar-refractivity contribution < 1.29 is 24.2 Å². The molecule has 5 nitrogen and oxygen atoms in total. The number of aliphatic carboxylic acids is 1. The summed E-state index contributed by atoms with van der Waals surface area (Å²) in [5.74, 6) is -0.554. The molecule has 0 spiro atoms. The second kappa shape index (κ2) is 11.5. The highest BCUT2D eigenvalue weighted by molar-refractivity contribution is 5.81. The number of ether oxygens (including phenoxy) is 2. The molecule has 1 aromatic carbocycles. The molecule has 0 saturated carbocycles. The van der Waals surface area contributed by atoms with Crippen molar-refractivity contribution in [3.63, 3.8) is 0 Å². The van der Waals surface area contributed by atoms with E-state index in [1.807, 2.05) is 30.3 Å². The average Bonchev–Trinajstić information content (AvgIpc) is 2.45. The van der Waals surface area contributed by atoms with Crippen molar-refractivity contribution in [3.8, 4) is 5.75 Å². The zero-order valence-corrected chi connectivity index (χ0v) is 11.3. The fraction of sp³-hybridized carbons (Fsp3) is 0.200. The normalized spacial score (nSPS) is 9.25. The molecule has 108 valence electrons. The first kappa shape index (κ1) is 17.4. The number of carboxylic acids is 1. The Hall–Kier alpha value is -2.56. The summed E-state index contributed by atoms with van der Waals surface area (Å²) < 4.78 is 10.0. The van der Waals surface area contributed by atoms with Crippen LogP contribution in [0.1, 0.15) is 6.92 Å². The molecule has 0 unspecified atom stereocenters. The number of carbonyl (C=O) groups is 2. The Balaban J connectivity index is 0.000000511. The van der Waals surface area contributed by atoms with E-state index in [0.717, 1.165) is 17.9 Å². The van der Waals surface area contributed by atoms with Gasteiger partial charge in [0, 0.05) is 12.2 Å². The zero-order chi connectivity index (χ0) is 15.2. The molecule has 0 bridgehead atoms. The van der Waals surface area contributed by atoms with Crippen molar-refractivity contribution in [2.24, 2.45) is 0 Å². The third kappa shape index (κ3) is 10.6. The molecule has 20 heavy (non-hydrogen) atoms. The minimum atomic E-state index is -0.891. The van der Waals surface area contributed by atoms with Gasteiger partial charge in [0.2, 0.25) is 0 Å². The lowest BCUT2D eigenvalue weighted by molar-refractivity contribution is -0.138. The lowest BCUT2D eigenvalue weighted by atomic mass is 10.3. The van der Waals surface area contributed by atoms with Crippen molar-refractivity contribution in [2.75, 3.05) is 13.2 Å². The molecule has 0 aliphatic carbocycles. The monoisotopic (exact) mass is 278 g/mol. The standard InChI is InChI=1S/C11H12O3.C4H6O2/c1-2-11(12)14-9-8-13-10-6-4-3-5-7-10;1-2-3-4(5)6/h2-7H,1,8-9H2;2-3H,1H3,(H,5,6). The van der Waals surface area contributed by atoms with Crippen molar-refractivity contribution >= 4 is 11.9 Å². The molecule has 0 aliphatic heterocycles. The van der Waals surface area contributed by atoms with Gasteiger partial charge in [0.25, 0.3) is 0 Å². The number of carboxylic acid groups (broad SMARTS) is 1. The summed E-state index contributed by atoms with van der Waals surface area (Å²) in [5.41, 5.74) is 0. The SMILES string of the molecule is C=CC(=O)OCCOc1ccccc1.CC=CC(=O)O. The van der Waals surface area contributed by atoms with Crippen molar-refractivity contribution in [2.45, 2.75) is 6.92 Å². The Bertz CT molecular complexity index is 437. The van der Waals surface area contributed by atoms with Gasteiger partial charge >= 0.3 is 11.9 Å². The van der Waals surface area contributed by atoms with Gasteiger partial charge in [0.05, 0.1) is 0 Å². The van der Waals surface area contributed by atoms with E-state index < -0.39 is 11.9 Å². The van der Waals surface area contributed by atoms with E-state index in [1.54, 1.807) is 6.92 Å². The van der Waals surface area contributed by atoms with Gasteiger partial charge in [0.1, 0.15) is 19.0 Å². The summed E-state index contributed by atoms with van der Waals surface area (Å²) in [4.78, 5) is 20.1. The molecular weight excluding hydrogens is 260 g/mol. The van der Waals surface area contributed by atoms with E-state index in [-0.39, 0.29) is 6.61 Å². The molecule has 5 heteroatoms. The minimum absolute atomic E-state index is 0.236. The highest BCUT2D eigenvalue weighted by Crippen LogP contribution is 2.07. The lowest BCUT2D eigenvalue weighted by Gasteiger charge is -2.05. The van der Waals surface area contributed by atoms with Crippen molar-refractivity contribution in [1.82, 2.24) is 0 Å². The highest BCUT2D eigenvalue weighted by Gasteiger charge is 1.95. The summed E-state index contributed by atoms with van der Waals surface area (Å²) in [6, 6.07) is 9.35. The van der Waals surface area contributed by atoms with Crippen LogP contribution < -0.4 is 4.74 Å². The zero-order valence-electron chi connectivity index (χ0n) is 11.3. The van der Waals surface area contributed by atoms with Gasteiger partial charge < -0.3 is 14.6 Å². The van der Waals surface area contributed by atoms with Crippen LogP contribution in [0.2, 0.25) is 0 Å². The molecule has 0 amide bonds. The van der Waals surface area contributed by atoms with Crippen LogP contribution in [0, 0.1) is 0 Å². The number of carbonyl (C=O) groups excluding carboxylic acids is 1. The second-order valence-corrected chi connectivity index (χ2v) is 3.37. The predicted molar refractivity (Wildman–Crippen MR) is 75.5 cm³/mol. The molecule has 1 rings (SSSR count). The summed E-state index contributed by atoms with van der Waals surface area (Å²) in [5, 5.41) is 7.83. The number of hydrogen-bond acceptors (Lipinski definition) is 4. The Morgan fingerprint density at radius 1 is 1.25 bits per heavy atom. The molecule has 1 aromatic rings. The predicted octanol–water partition coefficient (Wildman–Crippen LogP) is 2.44. The largest absolute Gasteiger partial charge is 0.490 e. The lowest BCUT2D eigenvalue weighted by Crippen LogP contribution is -2.09. The van der Waals surface area contributed by atoms with Crippen LogP contribution in [0.4, 0.5) is 0 Å². The molecule has 0 saturated heterocycles. The summed E-state index contributed by atoms with van der Waals surface area (Å²) >= 11 is 0. The molecule has 0 heterocycles. The molecule has 0 radical (unpaired) electrons. The summed E-state index contributed by atoms with van der Waals surface area (Å²) in [6.07, 6.45) is 3.69. The highest BCUT2D eigenvalue weighted by atomic mass is 16.6. The van der Waals surface area contributed by atoms with E-state index in [1.165, 1.54) is 6.08 Å². The van der Waals surface area contributed by atoms with E-state index >= 15 is 0 Å². The van der Waals surface area contributed by atoms with Crippen LogP contribution in [0.5, 0.6) is 5.75 Å². The van der Waals surface area contributed by atoms with Crippen LogP contribution in [0.25, 0.3) is 0 Å². The quantitative estimate of drug-likeness (QED) is 0.491. The van der Waals surface area contributed by atoms with Gasteiger partial charge in [-0.15, -0.1) is 0 Å². The fourth-order valence-corrected chi connectivity index (χ4v) is 1.02. The Labute approximate surface area is 118 Å². The first-order chi connectivity index (χ1) is 9.60. The third-order valence-electron chi connectivity index (χ3n) is 1.82. The van der Waals surface area contributed by atoms with Gasteiger partial charge in [-0.05, 0) is 19.1 Å². The number of allylic oxidation sites excluding steroid dienone is 1. The summed E-state index contributed by atoms with van der Waals surface area (Å²) in [6.45, 7) is 5.53. The van der Waals surface area contributed by atoms with Crippen molar-refractivity contribution in [1.29, 1.82) is 0 Å². The van der Waals surface area contributed by atoms with Gasteiger partial charge in [-0.25, -0.2) is 9.59 Å². The van der Waals surface area contributed by atoms with Crippen LogP contribution in [0.15, 0.2) is 55.1 Å². The molecular formula is C15H18O5. The number of hydrogen-bond donors (Lipinski definition) is 1. The fourth-order valence-electron chi connectivity index (χ4n) is 1.02. The minimum Gasteiger partial charge on any atom is -0.490 e. The first-order valence-electron chi connectivity index (χ1n) is 5.92. The van der Waals surface area contributed by atoms with E-state index in [2.05, 4.69) is 6.58 Å². The molecule has 0 aromatic heterocycles. The van der Waals surface area contributed by atoms with E-state index in [9.17, 15) is 9.59 Å². The van der Waals surface area contributed by atoms with Gasteiger partial charge in [-0.3, -0.25) is 0 Å². The third-order valence-corrected chi connectivity index (χ3v) is 1.82. The Morgan fingerprint density at radius 3 is 2.35 bits per heavy atom. The second-order valence-electron chi connectivity index (χ2n) is 3.37. The van der Waals surface area contributed by atoms with Crippen molar-refractivity contribution in [3.05, 3.63) is 55.1 Å². The number of benzene rings is 1. The number of rotatable bonds is 6. The molecule has 1 N–H and O–H groups in total. The van der Waals surface area contributed by atoms with Crippen LogP contribution >= 0.6 is 0 Å². The van der Waals surface area contributed by atoms with Gasteiger partial charge in [-0.2, -0.15) is 0 Å². The van der Waals surface area contributed by atoms with E-state index in [0.29, 0.717) is 6.61 Å². The Kier molecular flexibility index (Phi) is 10.1. The Morgan fingerprint density at radius 2 is 1.90 bits per heavy atom. The smallest absolute Gasteiger partial charge is 0.330 e. The van der Waals surface area contributed by atoms with Crippen LogP contribution in [-0.2, 0) is 14.3 Å². The first-order valence-corrected chi connectivity index (χ1v) is 5.92. The average molecular weight is 278 g/mol. The molecule has 0 atom stereocenters. The van der Waals surface area contributed by atoms with E-state index in [4.69, 9.17) is 14.6 Å². The summed E-state index contributed by atoms with van der Waals surface area (Å²) in [7, 11) is 0.